The minimum atomic E-state index is -0.679. The quantitative estimate of drug-likeness (QED) is 0.851. The number of hydrogen-bond donors (Lipinski definition) is 2. The number of H-pyrrole nitrogens is 1. The minimum absolute atomic E-state index is 0.639. The van der Waals surface area contributed by atoms with Crippen molar-refractivity contribution in [1.82, 2.24) is 14.9 Å². The van der Waals surface area contributed by atoms with Crippen molar-refractivity contribution in [1.29, 1.82) is 0 Å². The number of nitrogens with one attached hydrogen (secondary N) is 1. The molecule has 0 fully saturated rings. The third-order valence-corrected chi connectivity index (χ3v) is 2.87. The van der Waals surface area contributed by atoms with Gasteiger partial charge in [-0.25, -0.2) is 4.98 Å². The van der Waals surface area contributed by atoms with Crippen molar-refractivity contribution in [2.45, 2.75) is 32.9 Å². The van der Waals surface area contributed by atoms with Gasteiger partial charge in [0.1, 0.15) is 5.82 Å². The van der Waals surface area contributed by atoms with Crippen molar-refractivity contribution >= 4 is 11.0 Å². The summed E-state index contributed by atoms with van der Waals surface area (Å²) in [5.41, 5.74) is 1.38. The molecule has 1 heterocycles. The van der Waals surface area contributed by atoms with Crippen LogP contribution in [0.4, 0.5) is 0 Å². The lowest BCUT2D eigenvalue weighted by molar-refractivity contribution is 0.0347. The Morgan fingerprint density at radius 1 is 1.33 bits per heavy atom. The predicted molar refractivity (Wildman–Crippen MR) is 73.3 cm³/mol. The molecule has 1 aromatic carbocycles. The molecule has 18 heavy (non-hydrogen) atoms. The highest BCUT2D eigenvalue weighted by Gasteiger charge is 2.18. The van der Waals surface area contributed by atoms with Crippen LogP contribution >= 0.6 is 0 Å². The van der Waals surface area contributed by atoms with E-state index in [0.29, 0.717) is 6.54 Å². The maximum Gasteiger partial charge on any atom is 0.121 e. The summed E-state index contributed by atoms with van der Waals surface area (Å²) in [6, 6.07) is 8.01. The first kappa shape index (κ1) is 13.1. The van der Waals surface area contributed by atoms with Crippen LogP contribution in [0.25, 0.3) is 11.0 Å². The van der Waals surface area contributed by atoms with Gasteiger partial charge in [0, 0.05) is 6.54 Å². The van der Waals surface area contributed by atoms with Crippen LogP contribution in [-0.2, 0) is 6.54 Å². The van der Waals surface area contributed by atoms with E-state index >= 15 is 0 Å². The van der Waals surface area contributed by atoms with Crippen molar-refractivity contribution in [2.75, 3.05) is 13.1 Å². The molecular weight excluding hydrogens is 226 g/mol. The lowest BCUT2D eigenvalue weighted by atomic mass is 10.1. The van der Waals surface area contributed by atoms with Gasteiger partial charge in [0.05, 0.1) is 23.2 Å². The van der Waals surface area contributed by atoms with Gasteiger partial charge in [0.2, 0.25) is 0 Å². The summed E-state index contributed by atoms with van der Waals surface area (Å²) in [6.45, 7) is 8.01. The fraction of sp³-hybridized carbons (Fsp3) is 0.500. The Labute approximate surface area is 108 Å². The maximum atomic E-state index is 9.86. The summed E-state index contributed by atoms with van der Waals surface area (Å²) in [7, 11) is 0. The molecule has 2 N–H and O–H groups in total. The lowest BCUT2D eigenvalue weighted by Crippen LogP contribution is -2.38. The number of aromatic nitrogens is 2. The molecule has 0 bridgehead atoms. The van der Waals surface area contributed by atoms with Gasteiger partial charge in [-0.05, 0) is 32.5 Å². The second kappa shape index (κ2) is 5.08. The molecule has 2 aromatic rings. The largest absolute Gasteiger partial charge is 0.389 e. The number of benzene rings is 1. The smallest absolute Gasteiger partial charge is 0.121 e. The molecule has 0 aliphatic rings. The van der Waals surface area contributed by atoms with Gasteiger partial charge in [0.25, 0.3) is 0 Å². The van der Waals surface area contributed by atoms with Gasteiger partial charge < -0.3 is 10.1 Å². The van der Waals surface area contributed by atoms with Crippen LogP contribution in [0.15, 0.2) is 24.3 Å². The third kappa shape index (κ3) is 3.31. The molecule has 0 aliphatic heterocycles. The normalized spacial score (nSPS) is 12.5. The summed E-state index contributed by atoms with van der Waals surface area (Å²) < 4.78 is 0. The summed E-state index contributed by atoms with van der Waals surface area (Å²) in [4.78, 5) is 10.0. The topological polar surface area (TPSA) is 52.2 Å². The zero-order valence-corrected chi connectivity index (χ0v) is 11.3. The zero-order valence-electron chi connectivity index (χ0n) is 11.3. The summed E-state index contributed by atoms with van der Waals surface area (Å²) in [5, 5.41) is 9.86. The van der Waals surface area contributed by atoms with E-state index in [9.17, 15) is 5.11 Å². The van der Waals surface area contributed by atoms with E-state index in [1.165, 1.54) is 0 Å². The first-order valence-corrected chi connectivity index (χ1v) is 6.36. The van der Waals surface area contributed by atoms with Gasteiger partial charge in [-0.1, -0.05) is 19.1 Å². The molecule has 98 valence electrons. The predicted octanol–water partition coefficient (Wildman–Crippen LogP) is 2.16. The molecular formula is C14H21N3O. The zero-order chi connectivity index (χ0) is 13.2. The fourth-order valence-electron chi connectivity index (χ4n) is 2.12. The Morgan fingerprint density at radius 3 is 2.67 bits per heavy atom. The highest BCUT2D eigenvalue weighted by atomic mass is 16.3. The average molecular weight is 247 g/mol. The van der Waals surface area contributed by atoms with E-state index in [-0.39, 0.29) is 0 Å². The molecule has 0 spiro atoms. The van der Waals surface area contributed by atoms with Gasteiger partial charge in [-0.3, -0.25) is 4.90 Å². The summed E-state index contributed by atoms with van der Waals surface area (Å²) >= 11 is 0. The van der Waals surface area contributed by atoms with Crippen molar-refractivity contribution in [3.8, 4) is 0 Å². The van der Waals surface area contributed by atoms with E-state index in [1.54, 1.807) is 0 Å². The SMILES string of the molecule is CCN(Cc1nc2ccccc2[nH]1)CC(C)(C)O. The highest BCUT2D eigenvalue weighted by molar-refractivity contribution is 5.74. The Morgan fingerprint density at radius 2 is 2.06 bits per heavy atom. The first-order valence-electron chi connectivity index (χ1n) is 6.36. The Hall–Kier alpha value is -1.39. The van der Waals surface area contributed by atoms with Crippen LogP contribution in [-0.4, -0.2) is 38.7 Å². The van der Waals surface area contributed by atoms with Crippen molar-refractivity contribution < 1.29 is 5.11 Å². The Bertz CT molecular complexity index is 480. The van der Waals surface area contributed by atoms with E-state index in [2.05, 4.69) is 21.8 Å². The number of aliphatic hydroxyl groups is 1. The van der Waals surface area contributed by atoms with Crippen LogP contribution in [0, 0.1) is 0 Å². The van der Waals surface area contributed by atoms with Crippen molar-refractivity contribution in [2.24, 2.45) is 0 Å². The second-order valence-electron chi connectivity index (χ2n) is 5.32. The number of para-hydroxylation sites is 2. The monoisotopic (exact) mass is 247 g/mol. The van der Waals surface area contributed by atoms with Crippen LogP contribution in [0.5, 0.6) is 0 Å². The van der Waals surface area contributed by atoms with Gasteiger partial charge >= 0.3 is 0 Å². The molecule has 0 radical (unpaired) electrons. The molecule has 0 saturated heterocycles. The molecule has 0 unspecified atom stereocenters. The van der Waals surface area contributed by atoms with Crippen LogP contribution < -0.4 is 0 Å². The van der Waals surface area contributed by atoms with Crippen molar-refractivity contribution in [3.63, 3.8) is 0 Å². The number of rotatable bonds is 5. The van der Waals surface area contributed by atoms with Gasteiger partial charge in [0.15, 0.2) is 0 Å². The van der Waals surface area contributed by atoms with Crippen LogP contribution in [0.3, 0.4) is 0 Å². The van der Waals surface area contributed by atoms with E-state index < -0.39 is 5.60 Å². The summed E-state index contributed by atoms with van der Waals surface area (Å²) in [6.07, 6.45) is 0. The Kier molecular flexibility index (Phi) is 3.68. The number of likely N-dealkylation sites (N-methyl/N-ethyl adjacent to an activating group) is 1. The van der Waals surface area contributed by atoms with E-state index in [1.807, 2.05) is 38.1 Å². The number of nitrogens with zero attached hydrogens (tertiary/aromatic N) is 2. The Balaban J connectivity index is 2.11. The van der Waals surface area contributed by atoms with Gasteiger partial charge in [-0.15, -0.1) is 0 Å². The standard InChI is InChI=1S/C14H21N3O/c1-4-17(10-14(2,3)18)9-13-15-11-7-5-6-8-12(11)16-13/h5-8,18H,4,9-10H2,1-3H3,(H,15,16). The maximum absolute atomic E-state index is 9.86. The first-order chi connectivity index (χ1) is 8.48. The molecule has 4 heteroatoms. The number of imidazole rings is 1. The van der Waals surface area contributed by atoms with Crippen LogP contribution in [0.2, 0.25) is 0 Å². The molecule has 4 nitrogen and oxygen atoms in total. The minimum Gasteiger partial charge on any atom is -0.389 e. The van der Waals surface area contributed by atoms with Gasteiger partial charge in [-0.2, -0.15) is 0 Å². The number of aromatic amines is 1. The second-order valence-corrected chi connectivity index (χ2v) is 5.32. The number of fused-ring (bicyclic) bond motifs is 1. The molecule has 0 aliphatic carbocycles. The third-order valence-electron chi connectivity index (χ3n) is 2.87. The number of hydrogen-bond acceptors (Lipinski definition) is 3. The lowest BCUT2D eigenvalue weighted by Gasteiger charge is -2.27. The van der Waals surface area contributed by atoms with E-state index in [4.69, 9.17) is 0 Å². The molecule has 0 amide bonds. The average Bonchev–Trinajstić information content (AvgIpc) is 2.68. The fourth-order valence-corrected chi connectivity index (χ4v) is 2.12. The molecule has 1 aromatic heterocycles. The van der Waals surface area contributed by atoms with Crippen molar-refractivity contribution in [3.05, 3.63) is 30.1 Å². The highest BCUT2D eigenvalue weighted by Crippen LogP contribution is 2.13. The molecule has 0 saturated carbocycles. The molecule has 2 rings (SSSR count). The van der Waals surface area contributed by atoms with Crippen LogP contribution in [0.1, 0.15) is 26.6 Å². The molecule has 0 atom stereocenters. The van der Waals surface area contributed by atoms with E-state index in [0.717, 1.165) is 29.9 Å². The summed E-state index contributed by atoms with van der Waals surface area (Å²) in [5.74, 6) is 0.947.